The Morgan fingerprint density at radius 1 is 1.00 bits per heavy atom. The van der Waals surface area contributed by atoms with Crippen molar-refractivity contribution in [3.8, 4) is 5.75 Å². The lowest BCUT2D eigenvalue weighted by Crippen LogP contribution is -2.41. The van der Waals surface area contributed by atoms with Gasteiger partial charge in [0.05, 0.1) is 4.90 Å². The zero-order valence-corrected chi connectivity index (χ0v) is 15.6. The largest absolute Gasteiger partial charge is 0.573 e. The molecule has 0 fully saturated rings. The van der Waals surface area contributed by atoms with Crippen LogP contribution in [0.5, 0.6) is 5.75 Å². The van der Waals surface area contributed by atoms with Crippen molar-refractivity contribution in [1.29, 1.82) is 0 Å². The van der Waals surface area contributed by atoms with Crippen molar-refractivity contribution in [2.24, 2.45) is 0 Å². The highest BCUT2D eigenvalue weighted by molar-refractivity contribution is 7.89. The van der Waals surface area contributed by atoms with Crippen LogP contribution in [0.15, 0.2) is 59.5 Å². The molecule has 0 bridgehead atoms. The minimum absolute atomic E-state index is 0.0346. The lowest BCUT2D eigenvalue weighted by atomic mass is 9.91. The molecule has 148 valence electrons. The predicted octanol–water partition coefficient (Wildman–Crippen LogP) is 3.82. The van der Waals surface area contributed by atoms with Gasteiger partial charge in [0.15, 0.2) is 0 Å². The van der Waals surface area contributed by atoms with Crippen LogP contribution in [0.2, 0.25) is 0 Å². The van der Waals surface area contributed by atoms with Crippen LogP contribution in [0.25, 0.3) is 0 Å². The molecule has 2 aromatic carbocycles. The van der Waals surface area contributed by atoms with E-state index < -0.39 is 27.7 Å². The summed E-state index contributed by atoms with van der Waals surface area (Å²) in [6.45, 7) is 1.83. The molecular weight excluding hydrogens is 383 g/mol. The Hall–Kier alpha value is -2.10. The average molecular weight is 403 g/mol. The van der Waals surface area contributed by atoms with Gasteiger partial charge in [-0.3, -0.25) is 0 Å². The molecular formula is C18H20F3NO4S. The predicted molar refractivity (Wildman–Crippen MR) is 93.7 cm³/mol. The van der Waals surface area contributed by atoms with E-state index in [0.29, 0.717) is 6.42 Å². The summed E-state index contributed by atoms with van der Waals surface area (Å²) in [5.74, 6) is -0.495. The minimum Gasteiger partial charge on any atom is -0.406 e. The van der Waals surface area contributed by atoms with Gasteiger partial charge in [-0.1, -0.05) is 37.3 Å². The Kier molecular flexibility index (Phi) is 6.50. The molecule has 0 spiro atoms. The average Bonchev–Trinajstić information content (AvgIpc) is 2.63. The molecule has 0 heterocycles. The number of rotatable bonds is 8. The third kappa shape index (κ3) is 5.44. The van der Waals surface area contributed by atoms with Crippen LogP contribution >= 0.6 is 0 Å². The van der Waals surface area contributed by atoms with Crippen LogP contribution in [-0.2, 0) is 20.4 Å². The first-order valence-corrected chi connectivity index (χ1v) is 9.56. The number of alkyl halides is 3. The number of methoxy groups -OCH3 is 1. The van der Waals surface area contributed by atoms with Crippen LogP contribution in [0, 0.1) is 0 Å². The van der Waals surface area contributed by atoms with E-state index in [0.717, 1.165) is 29.8 Å². The maximum atomic E-state index is 12.5. The number of ether oxygens (including phenoxy) is 2. The first-order valence-electron chi connectivity index (χ1n) is 8.08. The van der Waals surface area contributed by atoms with E-state index in [1.54, 1.807) is 0 Å². The minimum atomic E-state index is -4.84. The van der Waals surface area contributed by atoms with Crippen molar-refractivity contribution in [2.75, 3.05) is 13.7 Å². The monoisotopic (exact) mass is 403 g/mol. The van der Waals surface area contributed by atoms with E-state index in [4.69, 9.17) is 4.74 Å². The van der Waals surface area contributed by atoms with Gasteiger partial charge in [-0.25, -0.2) is 13.1 Å². The fourth-order valence-electron chi connectivity index (χ4n) is 2.62. The summed E-state index contributed by atoms with van der Waals surface area (Å²) >= 11 is 0. The third-order valence-electron chi connectivity index (χ3n) is 4.18. The van der Waals surface area contributed by atoms with Crippen LogP contribution in [0.3, 0.4) is 0 Å². The van der Waals surface area contributed by atoms with Gasteiger partial charge in [0.2, 0.25) is 10.0 Å². The molecule has 0 amide bonds. The van der Waals surface area contributed by atoms with E-state index >= 15 is 0 Å². The molecule has 1 atom stereocenters. The highest BCUT2D eigenvalue weighted by Crippen LogP contribution is 2.29. The third-order valence-corrected chi connectivity index (χ3v) is 5.59. The number of benzene rings is 2. The standard InChI is InChI=1S/C18H20F3NO4S/c1-3-17(25-2,14-7-5-4-6-8-14)13-22-27(23,24)16-11-9-15(10-12-16)26-18(19,20)21/h4-12,22H,3,13H2,1-2H3. The summed E-state index contributed by atoms with van der Waals surface area (Å²) in [5.41, 5.74) is -0.0557. The SMILES string of the molecule is CCC(CNS(=O)(=O)c1ccc(OC(F)(F)F)cc1)(OC)c1ccccc1. The van der Waals surface area contributed by atoms with Crippen LogP contribution in [0.1, 0.15) is 18.9 Å². The molecule has 1 N–H and O–H groups in total. The highest BCUT2D eigenvalue weighted by Gasteiger charge is 2.33. The Balaban J connectivity index is 2.17. The molecule has 0 saturated carbocycles. The molecule has 2 rings (SSSR count). The molecule has 0 aliphatic heterocycles. The summed E-state index contributed by atoms with van der Waals surface area (Å²) in [5, 5.41) is 0. The molecule has 0 radical (unpaired) electrons. The van der Waals surface area contributed by atoms with Crippen LogP contribution in [0.4, 0.5) is 13.2 Å². The molecule has 1 unspecified atom stereocenters. The van der Waals surface area contributed by atoms with Gasteiger partial charge in [0, 0.05) is 13.7 Å². The first kappa shape index (κ1) is 21.2. The second kappa shape index (κ2) is 8.28. The van der Waals surface area contributed by atoms with Gasteiger partial charge in [-0.15, -0.1) is 13.2 Å². The molecule has 0 aliphatic carbocycles. The fraction of sp³-hybridized carbons (Fsp3) is 0.333. The summed E-state index contributed by atoms with van der Waals surface area (Å²) in [6, 6.07) is 13.2. The normalized spacial score (nSPS) is 14.6. The highest BCUT2D eigenvalue weighted by atomic mass is 32.2. The van der Waals surface area contributed by atoms with Crippen LogP contribution < -0.4 is 9.46 Å². The molecule has 2 aromatic rings. The Morgan fingerprint density at radius 2 is 1.59 bits per heavy atom. The van der Waals surface area contributed by atoms with Gasteiger partial charge in [-0.2, -0.15) is 0 Å². The Bertz CT molecular complexity index is 833. The summed E-state index contributed by atoms with van der Waals surface area (Å²) < 4.78 is 73.4. The van der Waals surface area contributed by atoms with Crippen molar-refractivity contribution >= 4 is 10.0 Å². The van der Waals surface area contributed by atoms with E-state index in [1.807, 2.05) is 37.3 Å². The number of nitrogens with one attached hydrogen (secondary N) is 1. The first-order chi connectivity index (χ1) is 12.6. The van der Waals surface area contributed by atoms with E-state index in [2.05, 4.69) is 9.46 Å². The maximum absolute atomic E-state index is 12.5. The second-order valence-electron chi connectivity index (χ2n) is 5.76. The topological polar surface area (TPSA) is 64.6 Å². The van der Waals surface area contributed by atoms with Crippen molar-refractivity contribution in [1.82, 2.24) is 4.72 Å². The zero-order chi connectivity index (χ0) is 20.1. The van der Waals surface area contributed by atoms with Gasteiger partial charge in [-0.05, 0) is 36.2 Å². The number of sulfonamides is 1. The number of hydrogen-bond acceptors (Lipinski definition) is 4. The smallest absolute Gasteiger partial charge is 0.406 e. The van der Waals surface area contributed by atoms with Gasteiger partial charge < -0.3 is 9.47 Å². The summed E-state index contributed by atoms with van der Waals surface area (Å²) in [4.78, 5) is -0.175. The number of hydrogen-bond donors (Lipinski definition) is 1. The molecule has 0 aromatic heterocycles. The van der Waals surface area contributed by atoms with Gasteiger partial charge in [0.25, 0.3) is 0 Å². The van der Waals surface area contributed by atoms with Crippen molar-refractivity contribution in [2.45, 2.75) is 30.2 Å². The van der Waals surface area contributed by atoms with Gasteiger partial charge in [0.1, 0.15) is 11.4 Å². The van der Waals surface area contributed by atoms with Gasteiger partial charge >= 0.3 is 6.36 Å². The fourth-order valence-corrected chi connectivity index (χ4v) is 3.71. The van der Waals surface area contributed by atoms with Crippen molar-refractivity contribution < 1.29 is 31.1 Å². The number of halogens is 3. The molecule has 0 aliphatic rings. The lowest BCUT2D eigenvalue weighted by Gasteiger charge is -2.32. The summed E-state index contributed by atoms with van der Waals surface area (Å²) in [6.07, 6.45) is -4.33. The van der Waals surface area contributed by atoms with E-state index in [1.165, 1.54) is 7.11 Å². The molecule has 0 saturated heterocycles. The van der Waals surface area contributed by atoms with E-state index in [9.17, 15) is 21.6 Å². The molecule has 9 heteroatoms. The summed E-state index contributed by atoms with van der Waals surface area (Å²) in [7, 11) is -2.45. The van der Waals surface area contributed by atoms with E-state index in [-0.39, 0.29) is 11.4 Å². The Labute approximate surface area is 156 Å². The maximum Gasteiger partial charge on any atom is 0.573 e. The van der Waals surface area contributed by atoms with Crippen LogP contribution in [-0.4, -0.2) is 28.4 Å². The Morgan fingerprint density at radius 3 is 2.07 bits per heavy atom. The second-order valence-corrected chi connectivity index (χ2v) is 7.53. The van der Waals surface area contributed by atoms with Crippen molar-refractivity contribution in [3.63, 3.8) is 0 Å². The quantitative estimate of drug-likeness (QED) is 0.728. The van der Waals surface area contributed by atoms with Crippen molar-refractivity contribution in [3.05, 3.63) is 60.2 Å². The zero-order valence-electron chi connectivity index (χ0n) is 14.8. The molecule has 27 heavy (non-hydrogen) atoms. The molecule has 5 nitrogen and oxygen atoms in total. The lowest BCUT2D eigenvalue weighted by molar-refractivity contribution is -0.274.